The van der Waals surface area contributed by atoms with Gasteiger partial charge in [0.1, 0.15) is 0 Å². The number of hydrogen-bond donors (Lipinski definition) is 0. The normalized spacial score (nSPS) is 20.9. The Morgan fingerprint density at radius 2 is 2.00 bits per heavy atom. The van der Waals surface area contributed by atoms with Crippen molar-refractivity contribution in [2.75, 3.05) is 12.3 Å². The van der Waals surface area contributed by atoms with Crippen LogP contribution in [0.2, 0.25) is 0 Å². The summed E-state index contributed by atoms with van der Waals surface area (Å²) in [5.41, 5.74) is 3.47. The Labute approximate surface area is 130 Å². The first-order valence-corrected chi connectivity index (χ1v) is 9.44. The molecule has 0 radical (unpaired) electrons. The van der Waals surface area contributed by atoms with E-state index in [2.05, 4.69) is 6.07 Å². The maximum atomic E-state index is 12.1. The van der Waals surface area contributed by atoms with Crippen LogP contribution in [0.15, 0.2) is 18.2 Å². The van der Waals surface area contributed by atoms with E-state index in [1.54, 1.807) is 4.90 Å². The molecule has 0 spiro atoms. The summed E-state index contributed by atoms with van der Waals surface area (Å²) in [5, 5.41) is 0. The van der Waals surface area contributed by atoms with Crippen LogP contribution in [-0.2, 0) is 13.8 Å². The number of nitrogens with zero attached hydrogens (tertiary/aromatic N) is 1. The molecular formula is C15H20ClNO3S. The first-order chi connectivity index (χ1) is 9.67. The molecule has 1 saturated heterocycles. The Bertz CT molecular complexity index is 657. The molecule has 4 nitrogen and oxygen atoms in total. The lowest BCUT2D eigenvalue weighted by atomic mass is 10.0. The van der Waals surface area contributed by atoms with Gasteiger partial charge in [-0.1, -0.05) is 18.2 Å². The topological polar surface area (TPSA) is 54.5 Å². The van der Waals surface area contributed by atoms with E-state index in [9.17, 15) is 13.2 Å². The van der Waals surface area contributed by atoms with Crippen molar-refractivity contribution >= 4 is 25.6 Å². The summed E-state index contributed by atoms with van der Waals surface area (Å²) < 4.78 is 22.3. The minimum Gasteiger partial charge on any atom is -0.336 e. The average Bonchev–Trinajstić information content (AvgIpc) is 2.70. The maximum absolute atomic E-state index is 12.1. The Balaban J connectivity index is 2.14. The van der Waals surface area contributed by atoms with Crippen molar-refractivity contribution in [3.8, 4) is 0 Å². The van der Waals surface area contributed by atoms with Crippen LogP contribution in [-0.4, -0.2) is 31.5 Å². The van der Waals surface area contributed by atoms with Crippen LogP contribution in [0, 0.1) is 19.8 Å². The number of halogens is 1. The quantitative estimate of drug-likeness (QED) is 0.798. The molecule has 21 heavy (non-hydrogen) atoms. The Hall–Kier alpha value is -1.07. The molecule has 6 heteroatoms. The highest BCUT2D eigenvalue weighted by Gasteiger charge is 2.35. The third-order valence-corrected chi connectivity index (χ3v) is 5.40. The highest BCUT2D eigenvalue weighted by atomic mass is 35.7. The van der Waals surface area contributed by atoms with Crippen LogP contribution in [0.25, 0.3) is 0 Å². The van der Waals surface area contributed by atoms with Crippen molar-refractivity contribution in [1.29, 1.82) is 0 Å². The third kappa shape index (κ3) is 3.98. The van der Waals surface area contributed by atoms with E-state index in [0.717, 1.165) is 5.56 Å². The SMILES string of the molecule is Cc1ccc(C(C)N2CC(CS(=O)(=O)Cl)CC2=O)cc1C. The van der Waals surface area contributed by atoms with Gasteiger partial charge < -0.3 is 4.90 Å². The van der Waals surface area contributed by atoms with Crippen LogP contribution in [0.3, 0.4) is 0 Å². The van der Waals surface area contributed by atoms with Gasteiger partial charge in [0.25, 0.3) is 0 Å². The number of carbonyl (C=O) groups excluding carboxylic acids is 1. The van der Waals surface area contributed by atoms with Gasteiger partial charge >= 0.3 is 0 Å². The summed E-state index contributed by atoms with van der Waals surface area (Å²) in [6.45, 7) is 6.50. The van der Waals surface area contributed by atoms with Gasteiger partial charge in [-0.25, -0.2) is 8.42 Å². The second-order valence-electron chi connectivity index (χ2n) is 5.84. The number of benzene rings is 1. The number of hydrogen-bond acceptors (Lipinski definition) is 3. The second-order valence-corrected chi connectivity index (χ2v) is 8.66. The summed E-state index contributed by atoms with van der Waals surface area (Å²) >= 11 is 0. The van der Waals surface area contributed by atoms with E-state index in [1.165, 1.54) is 11.1 Å². The summed E-state index contributed by atoms with van der Waals surface area (Å²) in [7, 11) is 1.72. The predicted octanol–water partition coefficient (Wildman–Crippen LogP) is 2.78. The van der Waals surface area contributed by atoms with Gasteiger partial charge in [0, 0.05) is 29.6 Å². The average molecular weight is 330 g/mol. The summed E-state index contributed by atoms with van der Waals surface area (Å²) in [4.78, 5) is 13.9. The van der Waals surface area contributed by atoms with Gasteiger partial charge in [0.15, 0.2) is 0 Å². The number of aryl methyl sites for hydroxylation is 2. The lowest BCUT2D eigenvalue weighted by molar-refractivity contribution is -0.129. The van der Waals surface area contributed by atoms with Gasteiger partial charge in [-0.3, -0.25) is 4.79 Å². The van der Waals surface area contributed by atoms with Crippen molar-refractivity contribution < 1.29 is 13.2 Å². The van der Waals surface area contributed by atoms with Crippen molar-refractivity contribution in [2.24, 2.45) is 5.92 Å². The van der Waals surface area contributed by atoms with Gasteiger partial charge in [0.2, 0.25) is 15.0 Å². The molecule has 1 fully saturated rings. The smallest absolute Gasteiger partial charge is 0.232 e. The summed E-state index contributed by atoms with van der Waals surface area (Å²) in [6.07, 6.45) is 0.251. The molecule has 1 aromatic rings. The van der Waals surface area contributed by atoms with Crippen molar-refractivity contribution in [2.45, 2.75) is 33.2 Å². The number of rotatable bonds is 4. The first-order valence-electron chi connectivity index (χ1n) is 6.96. The first kappa shape index (κ1) is 16.3. The fraction of sp³-hybridized carbons (Fsp3) is 0.533. The third-order valence-electron chi connectivity index (χ3n) is 4.15. The molecule has 2 unspecified atom stereocenters. The summed E-state index contributed by atoms with van der Waals surface area (Å²) in [6, 6.07) is 6.09. The zero-order valence-electron chi connectivity index (χ0n) is 12.5. The van der Waals surface area contributed by atoms with Crippen LogP contribution in [0.5, 0.6) is 0 Å². The molecule has 0 aliphatic carbocycles. The molecule has 1 aromatic carbocycles. The highest BCUT2D eigenvalue weighted by Crippen LogP contribution is 2.30. The van der Waals surface area contributed by atoms with Crippen LogP contribution in [0.4, 0.5) is 0 Å². The van der Waals surface area contributed by atoms with Gasteiger partial charge in [-0.05, 0) is 37.5 Å². The Morgan fingerprint density at radius 1 is 1.33 bits per heavy atom. The minimum atomic E-state index is -3.56. The van der Waals surface area contributed by atoms with Gasteiger partial charge in [0.05, 0.1) is 11.8 Å². The zero-order valence-corrected chi connectivity index (χ0v) is 14.0. The largest absolute Gasteiger partial charge is 0.336 e. The van der Waals surface area contributed by atoms with E-state index in [1.807, 2.05) is 32.9 Å². The molecule has 116 valence electrons. The van der Waals surface area contributed by atoms with Gasteiger partial charge in [-0.2, -0.15) is 0 Å². The van der Waals surface area contributed by atoms with E-state index >= 15 is 0 Å². The van der Waals surface area contributed by atoms with E-state index < -0.39 is 9.05 Å². The lowest BCUT2D eigenvalue weighted by Gasteiger charge is -2.25. The van der Waals surface area contributed by atoms with Crippen LogP contribution >= 0.6 is 10.7 Å². The monoisotopic (exact) mass is 329 g/mol. The lowest BCUT2D eigenvalue weighted by Crippen LogP contribution is -2.29. The molecule has 0 bridgehead atoms. The van der Waals surface area contributed by atoms with E-state index in [0.29, 0.717) is 6.54 Å². The molecule has 0 N–H and O–H groups in total. The molecule has 1 heterocycles. The standard InChI is InChI=1S/C15H20ClNO3S/c1-10-4-5-14(6-11(10)2)12(3)17-8-13(7-15(17)18)9-21(16,19)20/h4-6,12-13H,7-9H2,1-3H3. The maximum Gasteiger partial charge on any atom is 0.232 e. The fourth-order valence-electron chi connectivity index (χ4n) is 2.78. The molecular weight excluding hydrogens is 310 g/mol. The predicted molar refractivity (Wildman–Crippen MR) is 83.8 cm³/mol. The second kappa shape index (κ2) is 5.97. The van der Waals surface area contributed by atoms with Crippen molar-refractivity contribution in [3.05, 3.63) is 34.9 Å². The number of likely N-dealkylation sites (tertiary alicyclic amines) is 1. The molecule has 1 aliphatic rings. The fourth-order valence-corrected chi connectivity index (χ4v) is 4.10. The number of amides is 1. The van der Waals surface area contributed by atoms with Crippen LogP contribution < -0.4 is 0 Å². The zero-order chi connectivity index (χ0) is 15.8. The molecule has 1 amide bonds. The molecule has 2 rings (SSSR count). The molecule has 2 atom stereocenters. The van der Waals surface area contributed by atoms with Gasteiger partial charge in [-0.15, -0.1) is 0 Å². The summed E-state index contributed by atoms with van der Waals surface area (Å²) in [5.74, 6) is -0.365. The minimum absolute atomic E-state index is 0.00829. The molecule has 0 aromatic heterocycles. The Kier molecular flexibility index (Phi) is 4.63. The van der Waals surface area contributed by atoms with E-state index in [4.69, 9.17) is 10.7 Å². The highest BCUT2D eigenvalue weighted by molar-refractivity contribution is 8.13. The Morgan fingerprint density at radius 3 is 2.57 bits per heavy atom. The molecule has 1 aliphatic heterocycles. The van der Waals surface area contributed by atoms with E-state index in [-0.39, 0.29) is 30.0 Å². The number of carbonyl (C=O) groups is 1. The van der Waals surface area contributed by atoms with Crippen molar-refractivity contribution in [3.63, 3.8) is 0 Å². The molecule has 0 saturated carbocycles. The van der Waals surface area contributed by atoms with Crippen LogP contribution in [0.1, 0.15) is 36.1 Å². The van der Waals surface area contributed by atoms with Crippen molar-refractivity contribution in [1.82, 2.24) is 4.90 Å².